The van der Waals surface area contributed by atoms with Gasteiger partial charge in [0.2, 0.25) is 0 Å². The van der Waals surface area contributed by atoms with E-state index >= 15 is 0 Å². The quantitative estimate of drug-likeness (QED) is 0.384. The van der Waals surface area contributed by atoms with Crippen molar-refractivity contribution >= 4 is 17.0 Å². The fourth-order valence-electron chi connectivity index (χ4n) is 2.28. The molecule has 0 aromatic carbocycles. The SMILES string of the molecule is Nc1nc(F)nc2c1ncn2[C@H]1C[C@H](O)[C@@H](C(N)O)O1. The maximum atomic E-state index is 13.2. The second-order valence-electron chi connectivity index (χ2n) is 4.55. The Bertz CT molecular complexity index is 647. The van der Waals surface area contributed by atoms with Crippen LogP contribution >= 0.6 is 0 Å². The average Bonchev–Trinajstić information content (AvgIpc) is 2.92. The molecule has 4 atom stereocenters. The minimum atomic E-state index is -1.32. The van der Waals surface area contributed by atoms with Crippen LogP contribution in [-0.2, 0) is 4.74 Å². The molecule has 3 heterocycles. The number of nitrogens with zero attached hydrogens (tertiary/aromatic N) is 4. The molecule has 1 unspecified atom stereocenters. The summed E-state index contributed by atoms with van der Waals surface area (Å²) >= 11 is 0. The predicted octanol–water partition coefficient (Wildman–Crippen LogP) is -1.53. The molecule has 0 saturated carbocycles. The van der Waals surface area contributed by atoms with E-state index in [-0.39, 0.29) is 23.4 Å². The number of aromatic nitrogens is 4. The van der Waals surface area contributed by atoms with E-state index in [0.29, 0.717) is 0 Å². The van der Waals surface area contributed by atoms with Gasteiger partial charge < -0.3 is 26.4 Å². The van der Waals surface area contributed by atoms with Crippen molar-refractivity contribution in [3.63, 3.8) is 0 Å². The van der Waals surface area contributed by atoms with Crippen molar-refractivity contribution in [3.05, 3.63) is 12.4 Å². The summed E-state index contributed by atoms with van der Waals surface area (Å²) < 4.78 is 20.1. The van der Waals surface area contributed by atoms with Crippen LogP contribution < -0.4 is 11.5 Å². The van der Waals surface area contributed by atoms with Crippen molar-refractivity contribution in [2.75, 3.05) is 5.73 Å². The highest BCUT2D eigenvalue weighted by molar-refractivity contribution is 5.81. The van der Waals surface area contributed by atoms with E-state index in [4.69, 9.17) is 16.2 Å². The second kappa shape index (κ2) is 4.59. The van der Waals surface area contributed by atoms with Gasteiger partial charge in [0.15, 0.2) is 17.0 Å². The number of fused-ring (bicyclic) bond motifs is 1. The van der Waals surface area contributed by atoms with Crippen molar-refractivity contribution in [1.29, 1.82) is 0 Å². The molecule has 1 aliphatic heterocycles. The standard InChI is InChI=1S/C10H13FN6O3/c11-10-15-7(12)5-9(16-10)17(2-14-5)4-1-3(18)6(20-4)8(13)19/h2-4,6,8,18-19H,1,13H2,(H2,12,15,16)/t3-,4+,6-,8?/m0/s1. The molecule has 0 amide bonds. The summed E-state index contributed by atoms with van der Waals surface area (Å²) in [5.74, 6) is -0.0831. The van der Waals surface area contributed by atoms with Gasteiger partial charge in [0.25, 0.3) is 0 Å². The van der Waals surface area contributed by atoms with Crippen LogP contribution in [0.15, 0.2) is 6.33 Å². The van der Waals surface area contributed by atoms with Crippen LogP contribution in [0.25, 0.3) is 11.2 Å². The molecule has 108 valence electrons. The van der Waals surface area contributed by atoms with Crippen molar-refractivity contribution < 1.29 is 19.3 Å². The summed E-state index contributed by atoms with van der Waals surface area (Å²) in [6.45, 7) is 0. The lowest BCUT2D eigenvalue weighted by Gasteiger charge is -2.17. The van der Waals surface area contributed by atoms with Gasteiger partial charge in [-0.15, -0.1) is 0 Å². The topological polar surface area (TPSA) is 145 Å². The number of aliphatic hydroxyl groups excluding tert-OH is 2. The van der Waals surface area contributed by atoms with E-state index in [2.05, 4.69) is 15.0 Å². The van der Waals surface area contributed by atoms with E-state index in [9.17, 15) is 14.6 Å². The van der Waals surface area contributed by atoms with Gasteiger partial charge in [0.05, 0.1) is 12.4 Å². The van der Waals surface area contributed by atoms with Crippen LogP contribution in [0.2, 0.25) is 0 Å². The molecule has 2 aromatic heterocycles. The third kappa shape index (κ3) is 1.98. The Labute approximate surface area is 112 Å². The largest absolute Gasteiger partial charge is 0.390 e. The molecule has 6 N–H and O–H groups in total. The van der Waals surface area contributed by atoms with E-state index in [0.717, 1.165) is 0 Å². The number of nitrogens with two attached hydrogens (primary N) is 2. The average molecular weight is 284 g/mol. The van der Waals surface area contributed by atoms with Crippen LogP contribution in [0.1, 0.15) is 12.6 Å². The zero-order valence-corrected chi connectivity index (χ0v) is 10.2. The molecular formula is C10H13FN6O3. The number of nitrogen functional groups attached to an aromatic ring is 1. The third-order valence-corrected chi connectivity index (χ3v) is 3.20. The highest BCUT2D eigenvalue weighted by Gasteiger charge is 2.38. The highest BCUT2D eigenvalue weighted by Crippen LogP contribution is 2.32. The summed E-state index contributed by atoms with van der Waals surface area (Å²) in [6, 6.07) is 0. The fourth-order valence-corrected chi connectivity index (χ4v) is 2.28. The molecule has 3 rings (SSSR count). The molecule has 0 radical (unpaired) electrons. The van der Waals surface area contributed by atoms with Gasteiger partial charge in [-0.1, -0.05) is 0 Å². The molecule has 20 heavy (non-hydrogen) atoms. The number of ether oxygens (including phenoxy) is 1. The van der Waals surface area contributed by atoms with Crippen molar-refractivity contribution in [3.8, 4) is 0 Å². The molecule has 9 nitrogen and oxygen atoms in total. The molecule has 10 heteroatoms. The second-order valence-corrected chi connectivity index (χ2v) is 4.55. The summed E-state index contributed by atoms with van der Waals surface area (Å²) in [4.78, 5) is 11.0. The van der Waals surface area contributed by atoms with Crippen molar-refractivity contribution in [2.45, 2.75) is 31.1 Å². The monoisotopic (exact) mass is 284 g/mol. The molecule has 0 aliphatic carbocycles. The molecule has 1 aliphatic rings. The third-order valence-electron chi connectivity index (χ3n) is 3.20. The number of anilines is 1. The number of hydrogen-bond acceptors (Lipinski definition) is 8. The van der Waals surface area contributed by atoms with Gasteiger partial charge in [-0.25, -0.2) is 4.98 Å². The fraction of sp³-hybridized carbons (Fsp3) is 0.500. The van der Waals surface area contributed by atoms with Gasteiger partial charge in [-0.05, 0) is 0 Å². The van der Waals surface area contributed by atoms with Crippen LogP contribution in [0.3, 0.4) is 0 Å². The molecule has 1 saturated heterocycles. The Hall–Kier alpha value is -1.88. The maximum absolute atomic E-state index is 13.2. The van der Waals surface area contributed by atoms with Crippen LogP contribution in [0, 0.1) is 6.08 Å². The van der Waals surface area contributed by atoms with Gasteiger partial charge in [-0.3, -0.25) is 4.57 Å². The predicted molar refractivity (Wildman–Crippen MR) is 64.4 cm³/mol. The lowest BCUT2D eigenvalue weighted by Crippen LogP contribution is -2.40. The zero-order chi connectivity index (χ0) is 14.4. The van der Waals surface area contributed by atoms with Crippen molar-refractivity contribution in [1.82, 2.24) is 19.5 Å². The first-order valence-corrected chi connectivity index (χ1v) is 5.90. The Kier molecular flexibility index (Phi) is 3.01. The van der Waals surface area contributed by atoms with E-state index < -0.39 is 30.7 Å². The van der Waals surface area contributed by atoms with E-state index in [1.165, 1.54) is 10.9 Å². The first-order valence-electron chi connectivity index (χ1n) is 5.90. The zero-order valence-electron chi connectivity index (χ0n) is 10.2. The van der Waals surface area contributed by atoms with Gasteiger partial charge in [0.1, 0.15) is 18.6 Å². The Morgan fingerprint density at radius 1 is 1.50 bits per heavy atom. The van der Waals surface area contributed by atoms with Gasteiger partial charge in [0, 0.05) is 6.42 Å². The minimum Gasteiger partial charge on any atom is -0.390 e. The normalized spacial score (nSPS) is 28.1. The lowest BCUT2D eigenvalue weighted by molar-refractivity contribution is -0.0790. The van der Waals surface area contributed by atoms with Crippen LogP contribution in [0.5, 0.6) is 0 Å². The number of aliphatic hydroxyl groups is 2. The minimum absolute atomic E-state index is 0.0831. The number of rotatable bonds is 2. The molecule has 0 spiro atoms. The van der Waals surface area contributed by atoms with Crippen LogP contribution in [0.4, 0.5) is 10.2 Å². The Morgan fingerprint density at radius 3 is 2.90 bits per heavy atom. The van der Waals surface area contributed by atoms with E-state index in [1.807, 2.05) is 0 Å². The lowest BCUT2D eigenvalue weighted by atomic mass is 10.1. The van der Waals surface area contributed by atoms with E-state index in [1.54, 1.807) is 0 Å². The molecule has 0 bridgehead atoms. The maximum Gasteiger partial charge on any atom is 0.312 e. The molecule has 2 aromatic rings. The van der Waals surface area contributed by atoms with Gasteiger partial charge >= 0.3 is 6.08 Å². The Balaban J connectivity index is 2.00. The summed E-state index contributed by atoms with van der Waals surface area (Å²) in [5, 5.41) is 19.1. The van der Waals surface area contributed by atoms with Crippen LogP contribution in [-0.4, -0.2) is 48.2 Å². The first-order chi connectivity index (χ1) is 9.47. The number of imidazole rings is 1. The summed E-state index contributed by atoms with van der Waals surface area (Å²) in [5.41, 5.74) is 11.2. The summed E-state index contributed by atoms with van der Waals surface area (Å²) in [7, 11) is 0. The molecular weight excluding hydrogens is 271 g/mol. The number of hydrogen-bond donors (Lipinski definition) is 4. The van der Waals surface area contributed by atoms with Gasteiger partial charge in [-0.2, -0.15) is 14.4 Å². The van der Waals surface area contributed by atoms with Crippen molar-refractivity contribution in [2.24, 2.45) is 5.73 Å². The summed E-state index contributed by atoms with van der Waals surface area (Å²) in [6.07, 6.45) is -3.32. The first kappa shape index (κ1) is 13.1. The highest BCUT2D eigenvalue weighted by atomic mass is 19.1. The Morgan fingerprint density at radius 2 is 2.25 bits per heavy atom. The number of halogens is 1. The molecule has 1 fully saturated rings. The smallest absolute Gasteiger partial charge is 0.312 e.